The molecule has 1 unspecified atom stereocenters. The van der Waals surface area contributed by atoms with Crippen LogP contribution in [0.1, 0.15) is 120 Å². The molecule has 4 nitrogen and oxygen atoms in total. The first-order chi connectivity index (χ1) is 20.9. The molecule has 0 heterocycles. The Bertz CT molecular complexity index is 1110. The Morgan fingerprint density at radius 1 is 0.907 bits per heavy atom. The number of fused-ring (bicyclic) bond motifs is 1. The van der Waals surface area contributed by atoms with Gasteiger partial charge in [-0.1, -0.05) is 81.2 Å². The molecule has 238 valence electrons. The van der Waals surface area contributed by atoms with Crippen LogP contribution in [0.25, 0.3) is 10.8 Å². The van der Waals surface area contributed by atoms with Crippen LogP contribution in [0.4, 0.5) is 0 Å². The SMILES string of the molecule is C=C(C)CC(COC)C1CCC(c2ccc3cc(C4CCC(CCCCC)CC4)ccc3c2)CC1.C=C(C=O)CO.C=O. The summed E-state index contributed by atoms with van der Waals surface area (Å²) in [5, 5.41) is 10.9. The zero-order valence-corrected chi connectivity index (χ0v) is 27.3. The summed E-state index contributed by atoms with van der Waals surface area (Å²) >= 11 is 0. The minimum absolute atomic E-state index is 0.218. The second kappa shape index (κ2) is 20.4. The molecule has 2 aromatic carbocycles. The lowest BCUT2D eigenvalue weighted by molar-refractivity contribution is -0.105. The van der Waals surface area contributed by atoms with Crippen LogP contribution in [0.3, 0.4) is 0 Å². The third kappa shape index (κ3) is 12.2. The average Bonchev–Trinajstić information content (AvgIpc) is 3.05. The monoisotopic (exact) mass is 590 g/mol. The van der Waals surface area contributed by atoms with E-state index in [0.717, 1.165) is 30.8 Å². The minimum atomic E-state index is -0.233. The second-order valence-corrected chi connectivity index (χ2v) is 13.0. The molecule has 2 aliphatic carbocycles. The molecule has 4 rings (SSSR count). The third-order valence-electron chi connectivity index (χ3n) is 9.69. The highest BCUT2D eigenvalue weighted by molar-refractivity contribution is 5.84. The number of unbranched alkanes of at least 4 members (excludes halogenated alkanes) is 2. The number of allylic oxidation sites excluding steroid dienone is 1. The van der Waals surface area contributed by atoms with Gasteiger partial charge >= 0.3 is 0 Å². The first kappa shape index (κ1) is 36.6. The maximum atomic E-state index is 9.48. The fraction of sp³-hybridized carbons (Fsp3) is 0.590. The van der Waals surface area contributed by atoms with Crippen molar-refractivity contribution in [1.82, 2.24) is 0 Å². The number of ether oxygens (including phenoxy) is 1. The fourth-order valence-corrected chi connectivity index (χ4v) is 7.24. The Kier molecular flexibility index (Phi) is 17.4. The number of carbonyl (C=O) groups is 2. The van der Waals surface area contributed by atoms with Crippen LogP contribution in [-0.4, -0.2) is 38.5 Å². The van der Waals surface area contributed by atoms with Gasteiger partial charge in [0.05, 0.1) is 6.61 Å². The largest absolute Gasteiger partial charge is 0.392 e. The van der Waals surface area contributed by atoms with Gasteiger partial charge in [0.1, 0.15) is 13.1 Å². The zero-order chi connectivity index (χ0) is 31.6. The predicted octanol–water partition coefficient (Wildman–Crippen LogP) is 9.75. The lowest BCUT2D eigenvalue weighted by atomic mass is 9.72. The Labute approximate surface area is 262 Å². The van der Waals surface area contributed by atoms with E-state index in [2.05, 4.69) is 63.4 Å². The van der Waals surface area contributed by atoms with E-state index < -0.39 is 0 Å². The zero-order valence-electron chi connectivity index (χ0n) is 27.3. The molecule has 2 fully saturated rings. The highest BCUT2D eigenvalue weighted by atomic mass is 16.5. The lowest BCUT2D eigenvalue weighted by Gasteiger charge is -2.34. The number of rotatable bonds is 13. The highest BCUT2D eigenvalue weighted by Gasteiger charge is 2.28. The molecule has 0 saturated heterocycles. The van der Waals surface area contributed by atoms with Gasteiger partial charge in [-0.2, -0.15) is 0 Å². The van der Waals surface area contributed by atoms with Crippen molar-refractivity contribution in [3.05, 3.63) is 71.8 Å². The van der Waals surface area contributed by atoms with Gasteiger partial charge in [-0.05, 0) is 116 Å². The molecular formula is C39H58O4. The number of aliphatic hydroxyl groups excluding tert-OH is 1. The summed E-state index contributed by atoms with van der Waals surface area (Å²) in [5.74, 6) is 3.90. The lowest BCUT2D eigenvalue weighted by Crippen LogP contribution is -2.24. The Balaban J connectivity index is 0.000000720. The molecule has 0 spiro atoms. The topological polar surface area (TPSA) is 63.6 Å². The second-order valence-electron chi connectivity index (χ2n) is 13.0. The van der Waals surface area contributed by atoms with E-state index in [4.69, 9.17) is 14.6 Å². The molecule has 1 atom stereocenters. The third-order valence-corrected chi connectivity index (χ3v) is 9.69. The van der Waals surface area contributed by atoms with Gasteiger partial charge in [0.25, 0.3) is 0 Å². The smallest absolute Gasteiger partial charge is 0.147 e. The fourth-order valence-electron chi connectivity index (χ4n) is 7.24. The molecule has 0 aromatic heterocycles. The number of methoxy groups -OCH3 is 1. The Morgan fingerprint density at radius 2 is 1.44 bits per heavy atom. The van der Waals surface area contributed by atoms with Crippen LogP contribution < -0.4 is 0 Å². The molecular weight excluding hydrogens is 532 g/mol. The van der Waals surface area contributed by atoms with Crippen molar-refractivity contribution in [2.45, 2.75) is 109 Å². The van der Waals surface area contributed by atoms with Gasteiger partial charge in [-0.3, -0.25) is 4.79 Å². The van der Waals surface area contributed by atoms with E-state index >= 15 is 0 Å². The summed E-state index contributed by atoms with van der Waals surface area (Å²) in [6, 6.07) is 14.7. The molecule has 0 aliphatic heterocycles. The van der Waals surface area contributed by atoms with Crippen LogP contribution >= 0.6 is 0 Å². The summed E-state index contributed by atoms with van der Waals surface area (Å²) in [6.45, 7) is 14.5. The van der Waals surface area contributed by atoms with Gasteiger partial charge in [0, 0.05) is 19.3 Å². The van der Waals surface area contributed by atoms with Crippen LogP contribution in [0.15, 0.2) is 60.7 Å². The molecule has 2 saturated carbocycles. The van der Waals surface area contributed by atoms with Crippen molar-refractivity contribution < 1.29 is 19.4 Å². The normalized spacial score (nSPS) is 22.3. The van der Waals surface area contributed by atoms with E-state index in [1.807, 2.05) is 13.9 Å². The van der Waals surface area contributed by atoms with Crippen LogP contribution in [-0.2, 0) is 14.3 Å². The number of hydrogen-bond acceptors (Lipinski definition) is 4. The highest BCUT2D eigenvalue weighted by Crippen LogP contribution is 2.42. The van der Waals surface area contributed by atoms with Crippen molar-refractivity contribution in [2.75, 3.05) is 20.3 Å². The molecule has 0 amide bonds. The molecule has 43 heavy (non-hydrogen) atoms. The van der Waals surface area contributed by atoms with Gasteiger partial charge in [-0.25, -0.2) is 0 Å². The van der Waals surface area contributed by atoms with E-state index in [1.165, 1.54) is 93.4 Å². The maximum absolute atomic E-state index is 9.48. The summed E-state index contributed by atoms with van der Waals surface area (Å²) in [4.78, 5) is 17.5. The van der Waals surface area contributed by atoms with Crippen molar-refractivity contribution in [2.24, 2.45) is 17.8 Å². The molecule has 2 aromatic rings. The quantitative estimate of drug-likeness (QED) is 0.109. The number of benzene rings is 2. The van der Waals surface area contributed by atoms with Gasteiger partial charge < -0.3 is 14.6 Å². The van der Waals surface area contributed by atoms with Crippen molar-refractivity contribution >= 4 is 23.8 Å². The standard InChI is InChI=1S/C34H50O.C4H6O2.CH2O/c1-5-6-7-8-26-9-11-27(12-10-26)30-17-19-33-23-31(18-20-32(33)22-30)28-13-15-29(16-14-28)34(24-35-4)21-25(2)3;1-4(2-5)3-6;1-2/h17-20,22-23,26-29,34H,2,5-16,21,24H2,1,3-4H3;2,6H,1,3H2;1H2. The summed E-state index contributed by atoms with van der Waals surface area (Å²) in [7, 11) is 1.84. The number of hydrogen-bond donors (Lipinski definition) is 1. The van der Waals surface area contributed by atoms with Crippen LogP contribution in [0, 0.1) is 17.8 Å². The van der Waals surface area contributed by atoms with Crippen molar-refractivity contribution in [3.63, 3.8) is 0 Å². The van der Waals surface area contributed by atoms with E-state index in [9.17, 15) is 4.79 Å². The summed E-state index contributed by atoms with van der Waals surface area (Å²) in [6.07, 6.45) is 18.2. The van der Waals surface area contributed by atoms with Gasteiger partial charge in [0.15, 0.2) is 0 Å². The predicted molar refractivity (Wildman–Crippen MR) is 182 cm³/mol. The molecule has 0 bridgehead atoms. The summed E-state index contributed by atoms with van der Waals surface area (Å²) in [5.41, 5.74) is 4.65. The van der Waals surface area contributed by atoms with Crippen molar-refractivity contribution in [3.8, 4) is 0 Å². The average molecular weight is 591 g/mol. The first-order valence-corrected chi connectivity index (χ1v) is 16.6. The van der Waals surface area contributed by atoms with Crippen molar-refractivity contribution in [1.29, 1.82) is 0 Å². The molecule has 4 heteroatoms. The van der Waals surface area contributed by atoms with Crippen LogP contribution in [0.5, 0.6) is 0 Å². The first-order valence-electron chi connectivity index (χ1n) is 16.6. The van der Waals surface area contributed by atoms with Crippen LogP contribution in [0.2, 0.25) is 0 Å². The number of carbonyl (C=O) groups excluding carboxylic acids is 2. The van der Waals surface area contributed by atoms with Gasteiger partial charge in [-0.15, -0.1) is 6.58 Å². The minimum Gasteiger partial charge on any atom is -0.392 e. The maximum Gasteiger partial charge on any atom is 0.147 e. The number of aldehydes is 1. The van der Waals surface area contributed by atoms with E-state index in [-0.39, 0.29) is 12.2 Å². The van der Waals surface area contributed by atoms with E-state index in [1.54, 1.807) is 11.1 Å². The Hall–Kier alpha value is -2.56. The Morgan fingerprint density at radius 3 is 1.86 bits per heavy atom. The summed E-state index contributed by atoms with van der Waals surface area (Å²) < 4.78 is 5.55. The molecule has 0 radical (unpaired) electrons. The van der Waals surface area contributed by atoms with E-state index in [0.29, 0.717) is 18.1 Å². The molecule has 2 aliphatic rings. The van der Waals surface area contributed by atoms with Gasteiger partial charge in [0.2, 0.25) is 0 Å². The molecule has 1 N–H and O–H groups in total. The number of aliphatic hydroxyl groups is 1.